The van der Waals surface area contributed by atoms with Crippen molar-refractivity contribution in [2.24, 2.45) is 0 Å². The molecule has 0 fully saturated rings. The van der Waals surface area contributed by atoms with Crippen molar-refractivity contribution in [2.45, 2.75) is 38.7 Å². The van der Waals surface area contributed by atoms with Gasteiger partial charge in [-0.1, -0.05) is 145 Å². The molecular weight excluding hydrogens is 600 g/mol. The van der Waals surface area contributed by atoms with Gasteiger partial charge in [0.15, 0.2) is 0 Å². The van der Waals surface area contributed by atoms with Crippen LogP contribution < -0.4 is 4.74 Å². The molecule has 0 heterocycles. The Morgan fingerprint density at radius 1 is 0.468 bits per heavy atom. The van der Waals surface area contributed by atoms with Gasteiger partial charge in [0.05, 0.1) is 6.42 Å². The molecule has 0 bridgehead atoms. The summed E-state index contributed by atoms with van der Waals surface area (Å²) < 4.78 is 6.96. The SMILES string of the molecule is O=C(O)Cc1c(Cc2ccccc2)c(Cc2ccccc2)c(OCc2ccc(Cl)cc2)c(Cc2ccccc2)c1Cc1ccccc1. The summed E-state index contributed by atoms with van der Waals surface area (Å²) in [6.07, 6.45) is 2.33. The lowest BCUT2D eigenvalue weighted by molar-refractivity contribution is -0.136. The maximum atomic E-state index is 12.7. The summed E-state index contributed by atoms with van der Waals surface area (Å²) >= 11 is 6.23. The van der Waals surface area contributed by atoms with Gasteiger partial charge in [-0.2, -0.15) is 0 Å². The van der Waals surface area contributed by atoms with Crippen LogP contribution in [0.5, 0.6) is 5.75 Å². The first-order valence-corrected chi connectivity index (χ1v) is 16.3. The van der Waals surface area contributed by atoms with Crippen LogP contribution in [0.3, 0.4) is 0 Å². The van der Waals surface area contributed by atoms with Crippen molar-refractivity contribution < 1.29 is 14.6 Å². The quantitative estimate of drug-likeness (QED) is 0.137. The maximum absolute atomic E-state index is 12.7. The van der Waals surface area contributed by atoms with Gasteiger partial charge in [0, 0.05) is 29.0 Å². The number of aliphatic carboxylic acids is 1. The zero-order valence-electron chi connectivity index (χ0n) is 26.2. The first-order chi connectivity index (χ1) is 23.0. The van der Waals surface area contributed by atoms with E-state index in [1.54, 1.807) is 0 Å². The topological polar surface area (TPSA) is 46.5 Å². The zero-order valence-corrected chi connectivity index (χ0v) is 27.0. The number of benzene rings is 6. The monoisotopic (exact) mass is 636 g/mol. The minimum atomic E-state index is -0.847. The van der Waals surface area contributed by atoms with E-state index < -0.39 is 5.97 Å². The van der Waals surface area contributed by atoms with Gasteiger partial charge in [-0.3, -0.25) is 4.79 Å². The maximum Gasteiger partial charge on any atom is 0.307 e. The Hall–Kier alpha value is -5.12. The van der Waals surface area contributed by atoms with Crippen molar-refractivity contribution in [1.82, 2.24) is 0 Å². The number of carboxylic acids is 1. The largest absolute Gasteiger partial charge is 0.488 e. The van der Waals surface area contributed by atoms with Crippen molar-refractivity contribution in [3.05, 3.63) is 206 Å². The molecule has 0 saturated heterocycles. The van der Waals surface area contributed by atoms with Crippen LogP contribution in [0.25, 0.3) is 0 Å². The Morgan fingerprint density at radius 2 is 0.830 bits per heavy atom. The predicted molar refractivity (Wildman–Crippen MR) is 191 cm³/mol. The summed E-state index contributed by atoms with van der Waals surface area (Å²) in [5.74, 6) is -0.0153. The lowest BCUT2D eigenvalue weighted by Gasteiger charge is -2.27. The third kappa shape index (κ3) is 8.38. The molecule has 1 N–H and O–H groups in total. The van der Waals surface area contributed by atoms with E-state index in [0.29, 0.717) is 37.3 Å². The lowest BCUT2D eigenvalue weighted by Crippen LogP contribution is -2.17. The van der Waals surface area contributed by atoms with Crippen molar-refractivity contribution in [2.75, 3.05) is 0 Å². The van der Waals surface area contributed by atoms with Crippen LogP contribution in [-0.4, -0.2) is 11.1 Å². The Bertz CT molecular complexity index is 1800. The highest BCUT2D eigenvalue weighted by molar-refractivity contribution is 6.30. The van der Waals surface area contributed by atoms with Crippen LogP contribution in [-0.2, 0) is 43.5 Å². The second-order valence-corrected chi connectivity index (χ2v) is 12.3. The molecule has 0 unspecified atom stereocenters. The number of halogens is 1. The standard InChI is InChI=1S/C43H37ClO3/c44-36-23-21-35(22-24-36)30-47-43-40(27-33-17-9-3-10-18-33)37(25-31-13-5-1-6-14-31)39(29-42(45)46)38(26-32-15-7-2-8-16-32)41(43)28-34-19-11-4-12-20-34/h1-24H,25-30H2,(H,45,46). The first kappa shape index (κ1) is 31.8. The molecule has 4 heteroatoms. The smallest absolute Gasteiger partial charge is 0.307 e. The molecule has 0 aliphatic heterocycles. The van der Waals surface area contributed by atoms with Crippen molar-refractivity contribution >= 4 is 17.6 Å². The van der Waals surface area contributed by atoms with Crippen LogP contribution in [0.1, 0.15) is 55.6 Å². The second-order valence-electron chi connectivity index (χ2n) is 11.9. The Balaban J connectivity index is 1.65. The molecule has 0 radical (unpaired) electrons. The van der Waals surface area contributed by atoms with Gasteiger partial charge in [-0.05, 0) is 69.5 Å². The first-order valence-electron chi connectivity index (χ1n) is 16.0. The molecule has 6 aromatic carbocycles. The lowest BCUT2D eigenvalue weighted by atomic mass is 9.80. The van der Waals surface area contributed by atoms with Gasteiger partial charge in [-0.25, -0.2) is 0 Å². The van der Waals surface area contributed by atoms with Crippen LogP contribution in [0, 0.1) is 0 Å². The zero-order chi connectivity index (χ0) is 32.4. The third-order valence-corrected chi connectivity index (χ3v) is 8.78. The summed E-state index contributed by atoms with van der Waals surface area (Å²) in [6.45, 7) is 0.356. The highest BCUT2D eigenvalue weighted by Crippen LogP contribution is 2.40. The number of rotatable bonds is 13. The number of ether oxygens (including phenoxy) is 1. The molecule has 3 nitrogen and oxygen atoms in total. The normalized spacial score (nSPS) is 10.9. The Morgan fingerprint density at radius 3 is 1.19 bits per heavy atom. The van der Waals surface area contributed by atoms with Crippen LogP contribution in [0.2, 0.25) is 5.02 Å². The van der Waals surface area contributed by atoms with E-state index in [1.165, 1.54) is 0 Å². The summed E-state index contributed by atoms with van der Waals surface area (Å²) in [5.41, 5.74) is 10.5. The van der Waals surface area contributed by atoms with E-state index >= 15 is 0 Å². The number of carbonyl (C=O) groups is 1. The molecule has 0 amide bonds. The second kappa shape index (κ2) is 15.4. The molecule has 6 rings (SSSR count). The molecule has 47 heavy (non-hydrogen) atoms. The molecule has 0 atom stereocenters. The molecule has 0 aliphatic carbocycles. The van der Waals surface area contributed by atoms with Gasteiger partial charge < -0.3 is 9.84 Å². The van der Waals surface area contributed by atoms with E-state index in [2.05, 4.69) is 48.5 Å². The third-order valence-electron chi connectivity index (χ3n) is 8.52. The average Bonchev–Trinajstić information content (AvgIpc) is 3.10. The highest BCUT2D eigenvalue weighted by atomic mass is 35.5. The summed E-state index contributed by atoms with van der Waals surface area (Å²) in [7, 11) is 0. The van der Waals surface area contributed by atoms with Gasteiger partial charge in [-0.15, -0.1) is 0 Å². The Kier molecular flexibility index (Phi) is 10.5. The predicted octanol–water partition coefficient (Wildman–Crippen LogP) is 9.91. The Labute approximate surface area is 282 Å². The van der Waals surface area contributed by atoms with E-state index in [-0.39, 0.29) is 6.42 Å². The van der Waals surface area contributed by atoms with Gasteiger partial charge in [0.25, 0.3) is 0 Å². The van der Waals surface area contributed by atoms with E-state index in [0.717, 1.165) is 61.4 Å². The van der Waals surface area contributed by atoms with Gasteiger partial charge in [0.1, 0.15) is 12.4 Å². The number of carboxylic acid groups (broad SMARTS) is 1. The van der Waals surface area contributed by atoms with Crippen LogP contribution >= 0.6 is 11.6 Å². The molecular formula is C43H37ClO3. The fourth-order valence-electron chi connectivity index (χ4n) is 6.28. The van der Waals surface area contributed by atoms with E-state index in [4.69, 9.17) is 16.3 Å². The fourth-order valence-corrected chi connectivity index (χ4v) is 6.40. The number of hydrogen-bond acceptors (Lipinski definition) is 2. The van der Waals surface area contributed by atoms with E-state index in [9.17, 15) is 9.90 Å². The summed E-state index contributed by atoms with van der Waals surface area (Å²) in [6, 6.07) is 49.1. The van der Waals surface area contributed by atoms with Crippen LogP contribution in [0.4, 0.5) is 0 Å². The fraction of sp³-hybridized carbons (Fsp3) is 0.140. The average molecular weight is 637 g/mol. The molecule has 0 spiro atoms. The molecule has 0 aliphatic rings. The molecule has 0 saturated carbocycles. The van der Waals surface area contributed by atoms with Crippen molar-refractivity contribution in [3.63, 3.8) is 0 Å². The molecule has 0 aromatic heterocycles. The molecule has 6 aromatic rings. The van der Waals surface area contributed by atoms with Gasteiger partial charge in [0.2, 0.25) is 0 Å². The minimum Gasteiger partial charge on any atom is -0.488 e. The summed E-state index contributed by atoms with van der Waals surface area (Å²) in [4.78, 5) is 12.7. The van der Waals surface area contributed by atoms with Crippen molar-refractivity contribution in [1.29, 1.82) is 0 Å². The highest BCUT2D eigenvalue weighted by Gasteiger charge is 2.27. The van der Waals surface area contributed by atoms with Crippen LogP contribution in [0.15, 0.2) is 146 Å². The van der Waals surface area contributed by atoms with E-state index in [1.807, 2.05) is 97.1 Å². The minimum absolute atomic E-state index is 0.0780. The van der Waals surface area contributed by atoms with Gasteiger partial charge >= 0.3 is 5.97 Å². The molecule has 234 valence electrons. The number of hydrogen-bond donors (Lipinski definition) is 1. The van der Waals surface area contributed by atoms with Crippen molar-refractivity contribution in [3.8, 4) is 5.75 Å². The summed E-state index contributed by atoms with van der Waals surface area (Å²) in [5, 5.41) is 11.1.